The molecule has 0 radical (unpaired) electrons. The van der Waals surface area contributed by atoms with Crippen LogP contribution in [0.1, 0.15) is 47.8 Å². The summed E-state index contributed by atoms with van der Waals surface area (Å²) in [6, 6.07) is 34.4. The molecular weight excluding hydrogens is 476 g/mol. The van der Waals surface area contributed by atoms with Crippen LogP contribution in [0.3, 0.4) is 0 Å². The first kappa shape index (κ1) is 26.1. The number of nitrogens with zero attached hydrogens (tertiary/aromatic N) is 3. The zero-order valence-corrected chi connectivity index (χ0v) is 23.4. The topological polar surface area (TPSA) is 30.9 Å². The second-order valence-electron chi connectivity index (χ2n) is 9.96. The van der Waals surface area contributed by atoms with E-state index in [0.29, 0.717) is 0 Å². The van der Waals surface area contributed by atoms with Crippen LogP contribution in [0.4, 0.5) is 17.1 Å². The molecule has 1 heterocycles. The van der Waals surface area contributed by atoms with Crippen LogP contribution in [-0.2, 0) is 0 Å². The molecule has 0 saturated heterocycles. The van der Waals surface area contributed by atoms with Gasteiger partial charge in [-0.1, -0.05) is 85.0 Å². The summed E-state index contributed by atoms with van der Waals surface area (Å²) in [7, 11) is 2.13. The first-order chi connectivity index (χ1) is 19.0. The van der Waals surface area contributed by atoms with E-state index in [-0.39, 0.29) is 6.17 Å². The van der Waals surface area contributed by atoms with Crippen molar-refractivity contribution in [1.29, 1.82) is 0 Å². The second kappa shape index (κ2) is 11.4. The summed E-state index contributed by atoms with van der Waals surface area (Å²) < 4.78 is 0. The fourth-order valence-electron chi connectivity index (χ4n) is 5.28. The Hall–Kier alpha value is -4.57. The molecule has 4 heteroatoms. The van der Waals surface area contributed by atoms with Gasteiger partial charge in [0.1, 0.15) is 6.17 Å². The average Bonchev–Trinajstić information content (AvgIpc) is 3.41. The highest BCUT2D eigenvalue weighted by Gasteiger charge is 2.31. The molecule has 0 saturated carbocycles. The number of aryl methyl sites for hydroxylation is 2. The quantitative estimate of drug-likeness (QED) is 0.252. The highest BCUT2D eigenvalue weighted by molar-refractivity contribution is 6.11. The molecule has 4 nitrogen and oxygen atoms in total. The van der Waals surface area contributed by atoms with Gasteiger partial charge in [0.2, 0.25) is 0 Å². The Balaban J connectivity index is 1.49. The molecule has 1 aliphatic heterocycles. The van der Waals surface area contributed by atoms with Gasteiger partial charge >= 0.3 is 0 Å². The fourth-order valence-corrected chi connectivity index (χ4v) is 5.28. The van der Waals surface area contributed by atoms with Gasteiger partial charge in [0, 0.05) is 35.2 Å². The third kappa shape index (κ3) is 5.37. The maximum Gasteiger partial charge on any atom is 0.162 e. The molecule has 1 atom stereocenters. The number of hydrogen-bond acceptors (Lipinski definition) is 4. The standard InChI is InChI=1S/C35H36N4/c1-6-13-27(7-2)32-16-11-12-17-33(32)38(5)30-20-18-29(19-21-30)35-37-36-34(28-14-9-8-10-15-28)39(35)31-23-25(3)22-26(4)24-31/h6-24,35,37H,1-5H3/b13-6-,27-7+. The van der Waals surface area contributed by atoms with Gasteiger partial charge in [-0.25, -0.2) is 0 Å². The minimum Gasteiger partial charge on any atom is -0.344 e. The van der Waals surface area contributed by atoms with Crippen molar-refractivity contribution in [3.8, 4) is 0 Å². The summed E-state index contributed by atoms with van der Waals surface area (Å²) in [5.74, 6) is 0.920. The SMILES string of the molecule is C/C=C\C(=C/C)c1ccccc1N(C)c1ccc(C2NN=C(c3ccccc3)N2c2cc(C)cc(C)c2)cc1. The highest BCUT2D eigenvalue weighted by Crippen LogP contribution is 2.35. The Morgan fingerprint density at radius 1 is 0.846 bits per heavy atom. The fraction of sp³-hybridized carbons (Fsp3) is 0.171. The lowest BCUT2D eigenvalue weighted by Gasteiger charge is -2.29. The van der Waals surface area contributed by atoms with Gasteiger partial charge in [-0.05, 0) is 80.3 Å². The first-order valence-electron chi connectivity index (χ1n) is 13.5. The van der Waals surface area contributed by atoms with Crippen LogP contribution >= 0.6 is 0 Å². The van der Waals surface area contributed by atoms with E-state index < -0.39 is 0 Å². The average molecular weight is 513 g/mol. The van der Waals surface area contributed by atoms with E-state index in [2.05, 4.69) is 159 Å². The van der Waals surface area contributed by atoms with E-state index >= 15 is 0 Å². The lowest BCUT2D eigenvalue weighted by Crippen LogP contribution is -2.34. The summed E-state index contributed by atoms with van der Waals surface area (Å²) in [5, 5.41) is 4.81. The van der Waals surface area contributed by atoms with E-state index in [1.807, 2.05) is 6.07 Å². The van der Waals surface area contributed by atoms with Crippen molar-refractivity contribution in [2.45, 2.75) is 33.9 Å². The molecule has 0 aliphatic carbocycles. The molecule has 0 fully saturated rings. The zero-order chi connectivity index (χ0) is 27.4. The molecule has 0 bridgehead atoms. The normalized spacial score (nSPS) is 15.4. The Kier molecular flexibility index (Phi) is 7.64. The van der Waals surface area contributed by atoms with Crippen molar-refractivity contribution >= 4 is 28.5 Å². The van der Waals surface area contributed by atoms with Gasteiger partial charge < -0.3 is 4.90 Å². The maximum absolute atomic E-state index is 4.81. The Bertz CT molecular complexity index is 1510. The van der Waals surface area contributed by atoms with Gasteiger partial charge in [-0.2, -0.15) is 5.10 Å². The molecule has 1 aliphatic rings. The van der Waals surface area contributed by atoms with Crippen LogP contribution in [-0.4, -0.2) is 12.9 Å². The predicted octanol–water partition coefficient (Wildman–Crippen LogP) is 8.52. The molecular formula is C35H36N4. The first-order valence-corrected chi connectivity index (χ1v) is 13.5. The molecule has 1 unspecified atom stereocenters. The van der Waals surface area contributed by atoms with Crippen LogP contribution in [0.25, 0.3) is 5.57 Å². The summed E-state index contributed by atoms with van der Waals surface area (Å²) >= 11 is 0. The van der Waals surface area contributed by atoms with Crippen molar-refractivity contribution in [1.82, 2.24) is 5.43 Å². The molecule has 0 spiro atoms. The van der Waals surface area contributed by atoms with E-state index in [9.17, 15) is 0 Å². The van der Waals surface area contributed by atoms with Crippen LogP contribution in [0.5, 0.6) is 0 Å². The number of benzene rings is 4. The number of amidine groups is 1. The molecule has 0 amide bonds. The molecule has 196 valence electrons. The minimum absolute atomic E-state index is 0.114. The van der Waals surface area contributed by atoms with Crippen LogP contribution in [0, 0.1) is 13.8 Å². The van der Waals surface area contributed by atoms with E-state index in [4.69, 9.17) is 5.10 Å². The van der Waals surface area contributed by atoms with Crippen molar-refractivity contribution in [3.05, 3.63) is 143 Å². The smallest absolute Gasteiger partial charge is 0.162 e. The molecule has 0 aromatic heterocycles. The molecule has 1 N–H and O–H groups in total. The number of anilines is 3. The van der Waals surface area contributed by atoms with Crippen molar-refractivity contribution < 1.29 is 0 Å². The van der Waals surface area contributed by atoms with Gasteiger partial charge in [-0.3, -0.25) is 10.3 Å². The van der Waals surface area contributed by atoms with Gasteiger partial charge in [0.25, 0.3) is 0 Å². The Labute approximate surface area is 232 Å². The maximum atomic E-state index is 4.81. The van der Waals surface area contributed by atoms with Gasteiger partial charge in [-0.15, -0.1) is 0 Å². The number of para-hydroxylation sites is 1. The van der Waals surface area contributed by atoms with E-state index in [1.54, 1.807) is 0 Å². The Morgan fingerprint density at radius 2 is 1.51 bits per heavy atom. The third-order valence-electron chi connectivity index (χ3n) is 7.13. The predicted molar refractivity (Wildman–Crippen MR) is 167 cm³/mol. The summed E-state index contributed by atoms with van der Waals surface area (Å²) in [4.78, 5) is 4.56. The Morgan fingerprint density at radius 3 is 2.18 bits per heavy atom. The van der Waals surface area contributed by atoms with Crippen LogP contribution in [0.15, 0.2) is 120 Å². The number of rotatable bonds is 7. The molecule has 4 aromatic carbocycles. The lowest BCUT2D eigenvalue weighted by molar-refractivity contribution is 0.617. The van der Waals surface area contributed by atoms with Crippen molar-refractivity contribution in [2.75, 3.05) is 16.8 Å². The minimum atomic E-state index is -0.114. The van der Waals surface area contributed by atoms with Crippen molar-refractivity contribution in [3.63, 3.8) is 0 Å². The molecule has 5 rings (SSSR count). The zero-order valence-electron chi connectivity index (χ0n) is 23.4. The summed E-state index contributed by atoms with van der Waals surface area (Å²) in [6.07, 6.45) is 6.29. The van der Waals surface area contributed by atoms with Crippen molar-refractivity contribution in [2.24, 2.45) is 5.10 Å². The largest absolute Gasteiger partial charge is 0.344 e. The van der Waals surface area contributed by atoms with E-state index in [0.717, 1.165) is 28.3 Å². The second-order valence-corrected chi connectivity index (χ2v) is 9.96. The molecule has 39 heavy (non-hydrogen) atoms. The lowest BCUT2D eigenvalue weighted by atomic mass is 10.0. The van der Waals surface area contributed by atoms with Gasteiger partial charge in [0.05, 0.1) is 0 Å². The monoisotopic (exact) mass is 512 g/mol. The summed E-state index contributed by atoms with van der Waals surface area (Å²) in [6.45, 7) is 8.43. The highest BCUT2D eigenvalue weighted by atomic mass is 15.5. The number of nitrogens with one attached hydrogen (secondary N) is 1. The molecule has 4 aromatic rings. The van der Waals surface area contributed by atoms with E-state index in [1.165, 1.54) is 28.0 Å². The van der Waals surface area contributed by atoms with Gasteiger partial charge in [0.15, 0.2) is 5.84 Å². The van der Waals surface area contributed by atoms with Crippen LogP contribution < -0.4 is 15.2 Å². The number of hydrazone groups is 1. The third-order valence-corrected chi connectivity index (χ3v) is 7.13. The number of hydrogen-bond donors (Lipinski definition) is 1. The number of allylic oxidation sites excluding steroid dienone is 4. The summed E-state index contributed by atoms with van der Waals surface area (Å²) in [5.41, 5.74) is 14.0. The van der Waals surface area contributed by atoms with Crippen LogP contribution in [0.2, 0.25) is 0 Å².